The lowest BCUT2D eigenvalue weighted by Gasteiger charge is -2.37. The van der Waals surface area contributed by atoms with Crippen LogP contribution in [0.25, 0.3) is 0 Å². The van der Waals surface area contributed by atoms with Crippen LogP contribution >= 0.6 is 0 Å². The summed E-state index contributed by atoms with van der Waals surface area (Å²) in [4.78, 5) is 32.7. The molecule has 6 nitrogen and oxygen atoms in total. The molecular weight excluding hydrogens is 304 g/mol. The quantitative estimate of drug-likeness (QED) is 0.920. The van der Waals surface area contributed by atoms with Gasteiger partial charge in [0, 0.05) is 51.5 Å². The second kappa shape index (κ2) is 7.64. The maximum atomic E-state index is 12.6. The fourth-order valence-electron chi connectivity index (χ4n) is 3.80. The van der Waals surface area contributed by atoms with Crippen LogP contribution in [-0.4, -0.2) is 52.9 Å². The Kier molecular flexibility index (Phi) is 5.33. The minimum Gasteiger partial charge on any atom is -0.338 e. The predicted molar refractivity (Wildman–Crippen MR) is 91.1 cm³/mol. The fraction of sp³-hybridized carbons (Fsp3) is 0.611. The van der Waals surface area contributed by atoms with E-state index < -0.39 is 0 Å². The molecule has 3 amide bonds. The van der Waals surface area contributed by atoms with Crippen molar-refractivity contribution in [2.45, 2.75) is 32.7 Å². The zero-order valence-electron chi connectivity index (χ0n) is 14.3. The molecule has 0 aliphatic carbocycles. The topological polar surface area (TPSA) is 65.5 Å². The van der Waals surface area contributed by atoms with E-state index in [9.17, 15) is 9.59 Å². The molecule has 0 unspecified atom stereocenters. The number of aromatic nitrogens is 1. The van der Waals surface area contributed by atoms with Gasteiger partial charge in [0.05, 0.1) is 0 Å². The summed E-state index contributed by atoms with van der Waals surface area (Å²) in [6.45, 7) is 5.50. The lowest BCUT2D eigenvalue weighted by molar-refractivity contribution is -0.132. The summed E-state index contributed by atoms with van der Waals surface area (Å²) in [6, 6.07) is 3.94. The lowest BCUT2D eigenvalue weighted by atomic mass is 9.82. The van der Waals surface area contributed by atoms with Crippen LogP contribution in [0.2, 0.25) is 0 Å². The molecule has 0 saturated carbocycles. The number of fused-ring (bicyclic) bond motifs is 1. The molecule has 1 aromatic rings. The lowest BCUT2D eigenvalue weighted by Crippen LogP contribution is -2.48. The molecule has 1 N–H and O–H groups in total. The van der Waals surface area contributed by atoms with Crippen molar-refractivity contribution in [2.24, 2.45) is 11.8 Å². The van der Waals surface area contributed by atoms with Gasteiger partial charge in [-0.15, -0.1) is 0 Å². The Morgan fingerprint density at radius 1 is 1.33 bits per heavy atom. The third-order valence-corrected chi connectivity index (χ3v) is 5.16. The van der Waals surface area contributed by atoms with Crippen molar-refractivity contribution in [1.82, 2.24) is 20.1 Å². The van der Waals surface area contributed by atoms with E-state index in [1.807, 2.05) is 35.1 Å². The maximum absolute atomic E-state index is 12.6. The zero-order chi connectivity index (χ0) is 16.9. The molecule has 3 rings (SSSR count). The van der Waals surface area contributed by atoms with Gasteiger partial charge in [-0.1, -0.05) is 6.07 Å². The fourth-order valence-corrected chi connectivity index (χ4v) is 3.80. The minimum atomic E-state index is 0.0266. The van der Waals surface area contributed by atoms with Gasteiger partial charge >= 0.3 is 6.03 Å². The smallest absolute Gasteiger partial charge is 0.317 e. The highest BCUT2D eigenvalue weighted by Gasteiger charge is 2.36. The van der Waals surface area contributed by atoms with E-state index >= 15 is 0 Å². The first-order valence-corrected chi connectivity index (χ1v) is 8.86. The average molecular weight is 330 g/mol. The molecule has 24 heavy (non-hydrogen) atoms. The highest BCUT2D eigenvalue weighted by atomic mass is 16.2. The number of carbonyl (C=O) groups is 2. The number of carbonyl (C=O) groups excluding carboxylic acids is 2. The Balaban J connectivity index is 1.62. The second-order valence-electron chi connectivity index (χ2n) is 6.76. The largest absolute Gasteiger partial charge is 0.338 e. The van der Waals surface area contributed by atoms with Crippen LogP contribution in [0, 0.1) is 11.8 Å². The molecule has 1 aromatic heterocycles. The van der Waals surface area contributed by atoms with Crippen LogP contribution in [0.5, 0.6) is 0 Å². The molecule has 0 spiro atoms. The number of amides is 3. The van der Waals surface area contributed by atoms with Crippen molar-refractivity contribution in [3.8, 4) is 0 Å². The molecule has 2 aliphatic rings. The standard InChI is InChI=1S/C18H26N4O2/c1-2-20-18(24)22-9-5-15-10-17(23)21(8-6-16(15)13-22)12-14-4-3-7-19-11-14/h3-4,7,11,15-16H,2,5-6,8-10,12-13H2,1H3,(H,20,24)/t15-,16+/m1/s1. The maximum Gasteiger partial charge on any atom is 0.317 e. The number of urea groups is 1. The molecule has 2 aliphatic heterocycles. The van der Waals surface area contributed by atoms with Crippen molar-refractivity contribution >= 4 is 11.9 Å². The van der Waals surface area contributed by atoms with Crippen LogP contribution in [0.4, 0.5) is 4.79 Å². The van der Waals surface area contributed by atoms with Gasteiger partial charge in [-0.25, -0.2) is 4.79 Å². The minimum absolute atomic E-state index is 0.0266. The summed E-state index contributed by atoms with van der Waals surface area (Å²) in [6.07, 6.45) is 6.06. The normalized spacial score (nSPS) is 24.3. The molecule has 130 valence electrons. The molecule has 0 aromatic carbocycles. The number of hydrogen-bond acceptors (Lipinski definition) is 3. The summed E-state index contributed by atoms with van der Waals surface area (Å²) in [5.41, 5.74) is 1.07. The Morgan fingerprint density at radius 2 is 2.17 bits per heavy atom. The van der Waals surface area contributed by atoms with E-state index in [1.54, 1.807) is 6.20 Å². The summed E-state index contributed by atoms with van der Waals surface area (Å²) in [5, 5.41) is 2.88. The van der Waals surface area contributed by atoms with Crippen LogP contribution in [-0.2, 0) is 11.3 Å². The number of rotatable bonds is 3. The van der Waals surface area contributed by atoms with Crippen molar-refractivity contribution in [3.05, 3.63) is 30.1 Å². The molecule has 3 heterocycles. The highest BCUT2D eigenvalue weighted by Crippen LogP contribution is 2.32. The zero-order valence-corrected chi connectivity index (χ0v) is 14.3. The number of likely N-dealkylation sites (tertiary alicyclic amines) is 2. The number of piperidine rings is 1. The SMILES string of the molecule is CCNC(=O)N1CC[C@@H]2CC(=O)N(Cc3cccnc3)CC[C@H]2C1. The van der Waals surface area contributed by atoms with Gasteiger partial charge in [-0.2, -0.15) is 0 Å². The van der Waals surface area contributed by atoms with Crippen LogP contribution in [0.1, 0.15) is 31.7 Å². The van der Waals surface area contributed by atoms with Crippen molar-refractivity contribution in [2.75, 3.05) is 26.2 Å². The Bertz CT molecular complexity index is 578. The van der Waals surface area contributed by atoms with Gasteiger partial charge in [-0.3, -0.25) is 9.78 Å². The molecule has 0 radical (unpaired) electrons. The van der Waals surface area contributed by atoms with Gasteiger partial charge < -0.3 is 15.1 Å². The molecule has 2 atom stereocenters. The van der Waals surface area contributed by atoms with Crippen LogP contribution in [0.3, 0.4) is 0 Å². The van der Waals surface area contributed by atoms with Gasteiger partial charge in [0.25, 0.3) is 0 Å². The van der Waals surface area contributed by atoms with E-state index in [1.165, 1.54) is 0 Å². The van der Waals surface area contributed by atoms with Crippen LogP contribution in [0.15, 0.2) is 24.5 Å². The number of nitrogens with one attached hydrogen (secondary N) is 1. The Hall–Kier alpha value is -2.11. The first-order valence-electron chi connectivity index (χ1n) is 8.86. The molecule has 6 heteroatoms. The molecular formula is C18H26N4O2. The number of hydrogen-bond donors (Lipinski definition) is 1. The summed E-state index contributed by atoms with van der Waals surface area (Å²) < 4.78 is 0. The molecule has 0 bridgehead atoms. The molecule has 2 fully saturated rings. The van der Waals surface area contributed by atoms with E-state index in [-0.39, 0.29) is 11.9 Å². The first-order chi connectivity index (χ1) is 11.7. The Morgan fingerprint density at radius 3 is 2.92 bits per heavy atom. The van der Waals surface area contributed by atoms with Crippen molar-refractivity contribution < 1.29 is 9.59 Å². The van der Waals surface area contributed by atoms with Gasteiger partial charge in [0.15, 0.2) is 0 Å². The third-order valence-electron chi connectivity index (χ3n) is 5.16. The van der Waals surface area contributed by atoms with Gasteiger partial charge in [0.1, 0.15) is 0 Å². The van der Waals surface area contributed by atoms with Gasteiger partial charge in [0.2, 0.25) is 5.91 Å². The van der Waals surface area contributed by atoms with Gasteiger partial charge in [-0.05, 0) is 43.2 Å². The summed E-state index contributed by atoms with van der Waals surface area (Å²) in [7, 11) is 0. The third kappa shape index (κ3) is 3.86. The summed E-state index contributed by atoms with van der Waals surface area (Å²) >= 11 is 0. The highest BCUT2D eigenvalue weighted by molar-refractivity contribution is 5.77. The van der Waals surface area contributed by atoms with Crippen molar-refractivity contribution in [3.63, 3.8) is 0 Å². The van der Waals surface area contributed by atoms with E-state index in [2.05, 4.69) is 10.3 Å². The van der Waals surface area contributed by atoms with E-state index in [4.69, 9.17) is 0 Å². The Labute approximate surface area is 143 Å². The monoisotopic (exact) mass is 330 g/mol. The molecule has 2 saturated heterocycles. The summed E-state index contributed by atoms with van der Waals surface area (Å²) in [5.74, 6) is 1.06. The average Bonchev–Trinajstić information content (AvgIpc) is 2.75. The second-order valence-corrected chi connectivity index (χ2v) is 6.76. The predicted octanol–water partition coefficient (Wildman–Crippen LogP) is 1.87. The van der Waals surface area contributed by atoms with Crippen molar-refractivity contribution in [1.29, 1.82) is 0 Å². The number of nitrogens with zero attached hydrogens (tertiary/aromatic N) is 3. The van der Waals surface area contributed by atoms with E-state index in [0.29, 0.717) is 31.3 Å². The van der Waals surface area contributed by atoms with E-state index in [0.717, 1.165) is 38.0 Å². The number of pyridine rings is 1. The van der Waals surface area contributed by atoms with Crippen LogP contribution < -0.4 is 5.32 Å². The first kappa shape index (κ1) is 16.7.